The van der Waals surface area contributed by atoms with Gasteiger partial charge >= 0.3 is 12.2 Å². The molecule has 2 heterocycles. The van der Waals surface area contributed by atoms with Crippen LogP contribution in [-0.4, -0.2) is 40.0 Å². The Kier molecular flexibility index (Phi) is 5.31. The standard InChI is InChI=1S/C17H15ClF3N3O2/c18-13-6-2-1-5-12(13)15(25)24-9-3-4-11(10-24)26-16-22-8-7-14(23-16)17(19,20)21/h1-2,5-8,11H,3-4,9-10H2. The molecule has 1 aliphatic rings. The van der Waals surface area contributed by atoms with Crippen molar-refractivity contribution in [1.29, 1.82) is 0 Å². The Hall–Kier alpha value is -2.35. The second-order valence-corrected chi connectivity index (χ2v) is 6.24. The van der Waals surface area contributed by atoms with E-state index in [1.54, 1.807) is 29.2 Å². The minimum absolute atomic E-state index is 0.226. The maximum absolute atomic E-state index is 12.7. The Balaban J connectivity index is 1.69. The van der Waals surface area contributed by atoms with E-state index in [2.05, 4.69) is 9.97 Å². The number of rotatable bonds is 3. The molecule has 1 fully saturated rings. The lowest BCUT2D eigenvalue weighted by atomic mass is 10.1. The summed E-state index contributed by atoms with van der Waals surface area (Å²) in [6.45, 7) is 0.747. The zero-order valence-corrected chi connectivity index (χ0v) is 14.3. The maximum atomic E-state index is 12.7. The fourth-order valence-electron chi connectivity index (χ4n) is 2.73. The van der Waals surface area contributed by atoms with Crippen LogP contribution in [0, 0.1) is 0 Å². The van der Waals surface area contributed by atoms with Gasteiger partial charge in [-0.1, -0.05) is 23.7 Å². The number of aromatic nitrogens is 2. The lowest BCUT2D eigenvalue weighted by Crippen LogP contribution is -2.44. The van der Waals surface area contributed by atoms with Crippen molar-refractivity contribution in [1.82, 2.24) is 14.9 Å². The summed E-state index contributed by atoms with van der Waals surface area (Å²) < 4.78 is 43.7. The maximum Gasteiger partial charge on any atom is 0.433 e. The van der Waals surface area contributed by atoms with Crippen LogP contribution in [0.2, 0.25) is 5.02 Å². The molecule has 9 heteroatoms. The Morgan fingerprint density at radius 1 is 1.27 bits per heavy atom. The molecule has 0 spiro atoms. The number of nitrogens with zero attached hydrogens (tertiary/aromatic N) is 3. The molecule has 1 unspecified atom stereocenters. The van der Waals surface area contributed by atoms with Crippen molar-refractivity contribution in [3.63, 3.8) is 0 Å². The van der Waals surface area contributed by atoms with E-state index in [4.69, 9.17) is 16.3 Å². The Morgan fingerprint density at radius 2 is 2.04 bits per heavy atom. The molecule has 1 saturated heterocycles. The van der Waals surface area contributed by atoms with Gasteiger partial charge in [-0.05, 0) is 31.0 Å². The molecular weight excluding hydrogens is 371 g/mol. The van der Waals surface area contributed by atoms with Gasteiger partial charge in [-0.2, -0.15) is 18.2 Å². The summed E-state index contributed by atoms with van der Waals surface area (Å²) in [4.78, 5) is 21.3. The molecule has 1 aromatic carbocycles. The first kappa shape index (κ1) is 18.4. The van der Waals surface area contributed by atoms with Gasteiger partial charge in [-0.15, -0.1) is 0 Å². The van der Waals surface area contributed by atoms with E-state index in [1.165, 1.54) is 0 Å². The van der Waals surface area contributed by atoms with Crippen molar-refractivity contribution in [2.24, 2.45) is 0 Å². The largest absolute Gasteiger partial charge is 0.458 e. The van der Waals surface area contributed by atoms with Gasteiger partial charge in [0.25, 0.3) is 5.91 Å². The van der Waals surface area contributed by atoms with Gasteiger partial charge in [0, 0.05) is 12.7 Å². The third-order valence-electron chi connectivity index (χ3n) is 3.97. The van der Waals surface area contributed by atoms with Crippen LogP contribution in [0.3, 0.4) is 0 Å². The van der Waals surface area contributed by atoms with Crippen LogP contribution >= 0.6 is 11.6 Å². The zero-order valence-electron chi connectivity index (χ0n) is 13.5. The molecule has 0 aliphatic carbocycles. The molecule has 26 heavy (non-hydrogen) atoms. The summed E-state index contributed by atoms with van der Waals surface area (Å²) in [6, 6.07) is 7.13. The van der Waals surface area contributed by atoms with Gasteiger partial charge in [0.05, 0.1) is 17.1 Å². The highest BCUT2D eigenvalue weighted by Gasteiger charge is 2.33. The average Bonchev–Trinajstić information content (AvgIpc) is 2.61. The van der Waals surface area contributed by atoms with Gasteiger partial charge in [0.15, 0.2) is 5.69 Å². The minimum atomic E-state index is -4.57. The molecule has 1 atom stereocenters. The number of ether oxygens (including phenoxy) is 1. The van der Waals surface area contributed by atoms with Crippen LogP contribution in [0.15, 0.2) is 36.5 Å². The third-order valence-corrected chi connectivity index (χ3v) is 4.30. The minimum Gasteiger partial charge on any atom is -0.458 e. The summed E-state index contributed by atoms with van der Waals surface area (Å²) >= 11 is 6.06. The number of piperidine rings is 1. The zero-order chi connectivity index (χ0) is 18.7. The molecule has 2 aromatic rings. The predicted octanol–water partition coefficient (Wildman–Crippen LogP) is 3.83. The first-order valence-electron chi connectivity index (χ1n) is 7.95. The van der Waals surface area contributed by atoms with E-state index in [1.807, 2.05) is 0 Å². The molecule has 5 nitrogen and oxygen atoms in total. The Morgan fingerprint density at radius 3 is 2.77 bits per heavy atom. The van der Waals surface area contributed by atoms with Crippen LogP contribution in [0.25, 0.3) is 0 Å². The summed E-state index contributed by atoms with van der Waals surface area (Å²) in [5.74, 6) is -0.242. The van der Waals surface area contributed by atoms with E-state index in [0.29, 0.717) is 30.0 Å². The highest BCUT2D eigenvalue weighted by atomic mass is 35.5. The van der Waals surface area contributed by atoms with Crippen molar-refractivity contribution < 1.29 is 22.7 Å². The fraction of sp³-hybridized carbons (Fsp3) is 0.353. The smallest absolute Gasteiger partial charge is 0.433 e. The highest BCUT2D eigenvalue weighted by Crippen LogP contribution is 2.28. The van der Waals surface area contributed by atoms with E-state index < -0.39 is 18.0 Å². The van der Waals surface area contributed by atoms with Crippen LogP contribution in [0.4, 0.5) is 13.2 Å². The summed E-state index contributed by atoms with van der Waals surface area (Å²) in [5.41, 5.74) is -0.688. The number of carbonyl (C=O) groups excluding carboxylic acids is 1. The molecule has 1 amide bonds. The number of alkyl halides is 3. The quantitative estimate of drug-likeness (QED) is 0.805. The molecule has 0 bridgehead atoms. The molecule has 1 aliphatic heterocycles. The van der Waals surface area contributed by atoms with E-state index in [0.717, 1.165) is 12.3 Å². The van der Waals surface area contributed by atoms with Crippen LogP contribution < -0.4 is 4.74 Å². The van der Waals surface area contributed by atoms with Gasteiger partial charge in [0.2, 0.25) is 0 Å². The number of likely N-dealkylation sites (tertiary alicyclic amines) is 1. The van der Waals surface area contributed by atoms with E-state index >= 15 is 0 Å². The van der Waals surface area contributed by atoms with E-state index in [-0.39, 0.29) is 18.5 Å². The van der Waals surface area contributed by atoms with Crippen LogP contribution in [-0.2, 0) is 6.18 Å². The number of benzene rings is 1. The number of hydrogen-bond acceptors (Lipinski definition) is 4. The van der Waals surface area contributed by atoms with E-state index in [9.17, 15) is 18.0 Å². The van der Waals surface area contributed by atoms with Crippen molar-refractivity contribution in [2.45, 2.75) is 25.1 Å². The molecule has 0 saturated carbocycles. The second-order valence-electron chi connectivity index (χ2n) is 5.84. The fourth-order valence-corrected chi connectivity index (χ4v) is 2.94. The molecule has 3 rings (SSSR count). The van der Waals surface area contributed by atoms with Crippen LogP contribution in [0.1, 0.15) is 28.9 Å². The summed E-state index contributed by atoms with van der Waals surface area (Å²) in [6.07, 6.45) is -2.81. The van der Waals surface area contributed by atoms with Crippen molar-refractivity contribution in [3.05, 3.63) is 52.8 Å². The predicted molar refractivity (Wildman–Crippen MR) is 88.0 cm³/mol. The first-order chi connectivity index (χ1) is 12.3. The average molecular weight is 386 g/mol. The molecule has 138 valence electrons. The lowest BCUT2D eigenvalue weighted by molar-refractivity contribution is -0.141. The number of amides is 1. The van der Waals surface area contributed by atoms with Crippen molar-refractivity contribution >= 4 is 17.5 Å². The normalized spacial score (nSPS) is 17.8. The van der Waals surface area contributed by atoms with Gasteiger partial charge in [-0.25, -0.2) is 4.98 Å². The Bertz CT molecular complexity index is 801. The van der Waals surface area contributed by atoms with Gasteiger partial charge in [0.1, 0.15) is 6.10 Å². The summed E-state index contributed by atoms with van der Waals surface area (Å²) in [7, 11) is 0. The monoisotopic (exact) mass is 385 g/mol. The number of halogens is 4. The van der Waals surface area contributed by atoms with Crippen LogP contribution in [0.5, 0.6) is 6.01 Å². The van der Waals surface area contributed by atoms with Gasteiger partial charge in [-0.3, -0.25) is 4.79 Å². The third kappa shape index (κ3) is 4.24. The molecular formula is C17H15ClF3N3O2. The number of carbonyl (C=O) groups is 1. The second kappa shape index (κ2) is 7.49. The number of hydrogen-bond donors (Lipinski definition) is 0. The lowest BCUT2D eigenvalue weighted by Gasteiger charge is -2.32. The SMILES string of the molecule is O=C(c1ccccc1Cl)N1CCCC(Oc2nccc(C(F)(F)F)n2)C1. The molecule has 0 N–H and O–H groups in total. The van der Waals surface area contributed by atoms with Crippen molar-refractivity contribution in [3.8, 4) is 6.01 Å². The van der Waals surface area contributed by atoms with Crippen molar-refractivity contribution in [2.75, 3.05) is 13.1 Å². The topological polar surface area (TPSA) is 55.3 Å². The van der Waals surface area contributed by atoms with Gasteiger partial charge < -0.3 is 9.64 Å². The summed E-state index contributed by atoms with van der Waals surface area (Å²) in [5, 5.41) is 0.349. The molecule has 0 radical (unpaired) electrons. The Labute approximate surface area is 152 Å². The first-order valence-corrected chi connectivity index (χ1v) is 8.33. The highest BCUT2D eigenvalue weighted by molar-refractivity contribution is 6.33. The molecule has 1 aromatic heterocycles.